The minimum absolute atomic E-state index is 0.506. The number of hydrogen-bond donors (Lipinski definition) is 0. The van der Waals surface area contributed by atoms with E-state index in [4.69, 9.17) is 0 Å². The lowest BCUT2D eigenvalue weighted by Gasteiger charge is -2.39. The van der Waals surface area contributed by atoms with Gasteiger partial charge in [0, 0.05) is 17.6 Å². The minimum Gasteiger partial charge on any atom is -0.292 e. The Bertz CT molecular complexity index is 247. The summed E-state index contributed by atoms with van der Waals surface area (Å²) in [4.78, 5) is 2.96. The van der Waals surface area contributed by atoms with Crippen LogP contribution in [0.15, 0.2) is 0 Å². The molecule has 86 valence electrons. The van der Waals surface area contributed by atoms with Gasteiger partial charge in [-0.25, -0.2) is 0 Å². The van der Waals surface area contributed by atoms with Gasteiger partial charge in [0.25, 0.3) is 0 Å². The first-order chi connectivity index (χ1) is 7.00. The maximum absolute atomic E-state index is 2.96. The van der Waals surface area contributed by atoms with Crippen LogP contribution in [0.2, 0.25) is 0 Å². The van der Waals surface area contributed by atoms with Crippen LogP contribution in [0.25, 0.3) is 0 Å². The molecule has 3 rings (SSSR count). The van der Waals surface area contributed by atoms with Gasteiger partial charge in [-0.15, -0.1) is 0 Å². The van der Waals surface area contributed by atoms with Crippen LogP contribution in [0.4, 0.5) is 0 Å². The molecule has 3 aliphatic rings. The van der Waals surface area contributed by atoms with Gasteiger partial charge in [0.05, 0.1) is 0 Å². The van der Waals surface area contributed by atoms with Crippen LogP contribution < -0.4 is 0 Å². The van der Waals surface area contributed by atoms with E-state index in [-0.39, 0.29) is 0 Å². The Morgan fingerprint density at radius 2 is 1.53 bits per heavy atom. The second-order valence-electron chi connectivity index (χ2n) is 7.33. The van der Waals surface area contributed by atoms with Crippen molar-refractivity contribution in [3.05, 3.63) is 0 Å². The van der Waals surface area contributed by atoms with Crippen molar-refractivity contribution in [3.8, 4) is 0 Å². The summed E-state index contributed by atoms with van der Waals surface area (Å²) in [5.41, 5.74) is 1.14. The zero-order chi connectivity index (χ0) is 10.7. The number of rotatable bonds is 1. The molecule has 0 N–H and O–H groups in total. The van der Waals surface area contributed by atoms with Crippen molar-refractivity contribution in [3.63, 3.8) is 0 Å². The van der Waals surface area contributed by atoms with E-state index in [1.807, 2.05) is 0 Å². The van der Waals surface area contributed by atoms with Gasteiger partial charge in [-0.3, -0.25) is 4.90 Å². The highest BCUT2D eigenvalue weighted by Crippen LogP contribution is 2.55. The molecule has 0 aromatic rings. The van der Waals surface area contributed by atoms with Crippen molar-refractivity contribution in [1.29, 1.82) is 0 Å². The molecule has 2 atom stereocenters. The van der Waals surface area contributed by atoms with Crippen LogP contribution >= 0.6 is 0 Å². The summed E-state index contributed by atoms with van der Waals surface area (Å²) in [7, 11) is 0. The van der Waals surface area contributed by atoms with Crippen molar-refractivity contribution < 1.29 is 0 Å². The van der Waals surface area contributed by atoms with E-state index in [2.05, 4.69) is 25.7 Å². The predicted octanol–water partition coefficient (Wildman–Crippen LogP) is 3.58. The highest BCUT2D eigenvalue weighted by atomic mass is 15.3. The van der Waals surface area contributed by atoms with Crippen molar-refractivity contribution in [2.24, 2.45) is 5.41 Å². The summed E-state index contributed by atoms with van der Waals surface area (Å²) in [5.74, 6) is 0. The van der Waals surface area contributed by atoms with Gasteiger partial charge in [-0.2, -0.15) is 0 Å². The lowest BCUT2D eigenvalue weighted by molar-refractivity contribution is 0.0977. The molecule has 0 saturated carbocycles. The zero-order valence-electron chi connectivity index (χ0n) is 10.6. The summed E-state index contributed by atoms with van der Waals surface area (Å²) >= 11 is 0. The molecule has 15 heavy (non-hydrogen) atoms. The van der Waals surface area contributed by atoms with Gasteiger partial charge < -0.3 is 0 Å². The number of nitrogens with zero attached hydrogens (tertiary/aromatic N) is 1. The zero-order valence-corrected chi connectivity index (χ0v) is 10.6. The first-order valence-electron chi connectivity index (χ1n) is 6.79. The summed E-state index contributed by atoms with van der Waals surface area (Å²) < 4.78 is 0. The fourth-order valence-corrected chi connectivity index (χ4v) is 4.81. The molecule has 0 aliphatic carbocycles. The molecule has 3 saturated heterocycles. The maximum Gasteiger partial charge on any atom is 0.0221 e. The molecule has 1 heteroatoms. The second kappa shape index (κ2) is 3.00. The molecule has 0 radical (unpaired) electrons. The van der Waals surface area contributed by atoms with Crippen LogP contribution in [0.5, 0.6) is 0 Å². The highest BCUT2D eigenvalue weighted by molar-refractivity contribution is 5.12. The van der Waals surface area contributed by atoms with Crippen molar-refractivity contribution in [2.75, 3.05) is 0 Å². The Balaban J connectivity index is 1.86. The monoisotopic (exact) mass is 207 g/mol. The first kappa shape index (κ1) is 10.1. The van der Waals surface area contributed by atoms with E-state index in [1.165, 1.54) is 44.9 Å². The maximum atomic E-state index is 2.96. The molecule has 3 fully saturated rings. The third kappa shape index (κ3) is 1.46. The van der Waals surface area contributed by atoms with E-state index >= 15 is 0 Å². The Kier molecular flexibility index (Phi) is 2.03. The lowest BCUT2D eigenvalue weighted by atomic mass is 9.77. The fraction of sp³-hybridized carbons (Fsp3) is 1.00. The van der Waals surface area contributed by atoms with Gasteiger partial charge in [0.1, 0.15) is 0 Å². The van der Waals surface area contributed by atoms with E-state index in [0.29, 0.717) is 11.0 Å². The van der Waals surface area contributed by atoms with Gasteiger partial charge in [0.15, 0.2) is 0 Å². The highest BCUT2D eigenvalue weighted by Gasteiger charge is 2.56. The summed E-state index contributed by atoms with van der Waals surface area (Å²) in [6.45, 7) is 7.25. The smallest absolute Gasteiger partial charge is 0.0221 e. The molecule has 3 aliphatic heterocycles. The van der Waals surface area contributed by atoms with E-state index < -0.39 is 0 Å². The van der Waals surface area contributed by atoms with Gasteiger partial charge in [0.2, 0.25) is 0 Å². The lowest BCUT2D eigenvalue weighted by Crippen LogP contribution is -2.44. The molecule has 0 bridgehead atoms. The summed E-state index contributed by atoms with van der Waals surface area (Å²) in [6, 6.07) is 1.94. The van der Waals surface area contributed by atoms with Crippen LogP contribution in [-0.4, -0.2) is 22.5 Å². The van der Waals surface area contributed by atoms with Crippen molar-refractivity contribution in [2.45, 2.75) is 83.3 Å². The molecular weight excluding hydrogens is 182 g/mol. The average Bonchev–Trinajstić information content (AvgIpc) is 2.67. The Morgan fingerprint density at radius 3 is 2.00 bits per heavy atom. The molecule has 2 unspecified atom stereocenters. The molecule has 0 aromatic heterocycles. The third-order valence-corrected chi connectivity index (χ3v) is 4.91. The fourth-order valence-electron chi connectivity index (χ4n) is 4.81. The van der Waals surface area contributed by atoms with E-state index in [1.54, 1.807) is 0 Å². The standard InChI is InChI=1S/C14H25N/c1-13(2,3)10-14-8-6-11-4-5-12(7-9-14)15(11)14/h11-12H,4-10H2,1-3H3. The minimum atomic E-state index is 0.506. The average molecular weight is 207 g/mol. The van der Waals surface area contributed by atoms with E-state index in [9.17, 15) is 0 Å². The van der Waals surface area contributed by atoms with Crippen molar-refractivity contribution in [1.82, 2.24) is 4.90 Å². The van der Waals surface area contributed by atoms with Gasteiger partial charge in [-0.1, -0.05) is 20.8 Å². The van der Waals surface area contributed by atoms with Crippen LogP contribution in [0.1, 0.15) is 65.7 Å². The Hall–Kier alpha value is -0.0400. The predicted molar refractivity (Wildman–Crippen MR) is 63.9 cm³/mol. The normalized spacial score (nSPS) is 45.0. The van der Waals surface area contributed by atoms with Crippen LogP contribution in [0, 0.1) is 5.41 Å². The van der Waals surface area contributed by atoms with Crippen LogP contribution in [-0.2, 0) is 0 Å². The molecule has 0 aromatic carbocycles. The largest absolute Gasteiger partial charge is 0.292 e. The van der Waals surface area contributed by atoms with Gasteiger partial charge in [-0.05, 0) is 50.4 Å². The van der Waals surface area contributed by atoms with Crippen molar-refractivity contribution >= 4 is 0 Å². The first-order valence-corrected chi connectivity index (χ1v) is 6.79. The number of hydrogen-bond acceptors (Lipinski definition) is 1. The molecule has 0 spiro atoms. The topological polar surface area (TPSA) is 3.24 Å². The Morgan fingerprint density at radius 1 is 1.00 bits per heavy atom. The molecule has 0 amide bonds. The molecule has 1 nitrogen and oxygen atoms in total. The van der Waals surface area contributed by atoms with Gasteiger partial charge >= 0.3 is 0 Å². The second-order valence-corrected chi connectivity index (χ2v) is 7.33. The SMILES string of the molecule is CC(C)(C)CC12CCC3CCC(CC1)N32. The quantitative estimate of drug-likeness (QED) is 0.635. The molecular formula is C14H25N. The van der Waals surface area contributed by atoms with E-state index in [0.717, 1.165) is 12.1 Å². The third-order valence-electron chi connectivity index (χ3n) is 4.91. The Labute approximate surface area is 94.2 Å². The summed E-state index contributed by atoms with van der Waals surface area (Å²) in [6.07, 6.45) is 10.4. The molecule has 3 heterocycles. The summed E-state index contributed by atoms with van der Waals surface area (Å²) in [5, 5.41) is 0. The van der Waals surface area contributed by atoms with Crippen LogP contribution in [0.3, 0.4) is 0 Å².